The third-order valence-electron chi connectivity index (χ3n) is 1.02. The van der Waals surface area contributed by atoms with E-state index in [-0.39, 0.29) is 0 Å². The van der Waals surface area contributed by atoms with Gasteiger partial charge in [0.1, 0.15) is 0 Å². The lowest BCUT2D eigenvalue weighted by Gasteiger charge is -1.80. The molecule has 0 unspecified atom stereocenters. The van der Waals surface area contributed by atoms with Gasteiger partial charge in [-0.05, 0) is 18.2 Å². The summed E-state index contributed by atoms with van der Waals surface area (Å²) in [6.07, 6.45) is 5.90. The first-order valence-electron chi connectivity index (χ1n) is 2.84. The molecule has 0 saturated carbocycles. The first kappa shape index (κ1) is 6.49. The van der Waals surface area contributed by atoms with Gasteiger partial charge < -0.3 is 4.98 Å². The Hall–Kier alpha value is -0.630. The zero-order chi connectivity index (χ0) is 6.53. The molecule has 0 bridgehead atoms. The van der Waals surface area contributed by atoms with Crippen LogP contribution < -0.4 is 0 Å². The second-order valence-electron chi connectivity index (χ2n) is 1.71. The molecular formula is C7H9NS. The van der Waals surface area contributed by atoms with Crippen molar-refractivity contribution in [1.82, 2.24) is 4.98 Å². The van der Waals surface area contributed by atoms with E-state index >= 15 is 0 Å². The van der Waals surface area contributed by atoms with Gasteiger partial charge in [-0.15, -0.1) is 0 Å². The van der Waals surface area contributed by atoms with Crippen molar-refractivity contribution in [3.63, 3.8) is 0 Å². The van der Waals surface area contributed by atoms with Crippen LogP contribution in [0.2, 0.25) is 0 Å². The normalized spacial score (nSPS) is 10.8. The third kappa shape index (κ3) is 1.98. The molecule has 1 heterocycles. The van der Waals surface area contributed by atoms with Crippen LogP contribution in [0.4, 0.5) is 0 Å². The highest BCUT2D eigenvalue weighted by Crippen LogP contribution is 1.96. The standard InChI is InChI=1S/C7H9NS/c9-6-2-4-7-3-1-5-8-7/h1-5,8-9H,6H2. The van der Waals surface area contributed by atoms with Crippen LogP contribution in [-0.2, 0) is 0 Å². The summed E-state index contributed by atoms with van der Waals surface area (Å²) in [5.74, 6) is 0.791. The first-order valence-corrected chi connectivity index (χ1v) is 3.47. The number of rotatable bonds is 2. The summed E-state index contributed by atoms with van der Waals surface area (Å²) in [5, 5.41) is 0. The molecule has 48 valence electrons. The van der Waals surface area contributed by atoms with Crippen LogP contribution in [0.1, 0.15) is 5.69 Å². The van der Waals surface area contributed by atoms with E-state index in [9.17, 15) is 0 Å². The summed E-state index contributed by atoms with van der Waals surface area (Å²) in [6.45, 7) is 0. The molecule has 1 aromatic rings. The Labute approximate surface area is 60.2 Å². The van der Waals surface area contributed by atoms with Crippen molar-refractivity contribution in [2.75, 3.05) is 5.75 Å². The lowest BCUT2D eigenvalue weighted by atomic mass is 10.4. The maximum Gasteiger partial charge on any atom is 0.0377 e. The number of hydrogen-bond acceptors (Lipinski definition) is 1. The topological polar surface area (TPSA) is 15.8 Å². The Bertz CT molecular complexity index is 177. The largest absolute Gasteiger partial charge is 0.362 e. The second kappa shape index (κ2) is 3.41. The van der Waals surface area contributed by atoms with Gasteiger partial charge >= 0.3 is 0 Å². The fraction of sp³-hybridized carbons (Fsp3) is 0.143. The third-order valence-corrected chi connectivity index (χ3v) is 1.24. The average Bonchev–Trinajstić information content (AvgIpc) is 2.34. The monoisotopic (exact) mass is 139 g/mol. The molecular weight excluding hydrogens is 130 g/mol. The molecule has 0 spiro atoms. The van der Waals surface area contributed by atoms with E-state index in [1.54, 1.807) is 0 Å². The van der Waals surface area contributed by atoms with Crippen LogP contribution in [0, 0.1) is 0 Å². The minimum atomic E-state index is 0.791. The van der Waals surface area contributed by atoms with Crippen LogP contribution >= 0.6 is 12.6 Å². The predicted molar refractivity (Wildman–Crippen MR) is 43.7 cm³/mol. The lowest BCUT2D eigenvalue weighted by molar-refractivity contribution is 1.37. The van der Waals surface area contributed by atoms with Gasteiger partial charge in [0.15, 0.2) is 0 Å². The highest BCUT2D eigenvalue weighted by atomic mass is 32.1. The Morgan fingerprint density at radius 3 is 3.11 bits per heavy atom. The molecule has 0 aliphatic heterocycles. The molecule has 0 saturated heterocycles. The van der Waals surface area contributed by atoms with E-state index < -0.39 is 0 Å². The Balaban J connectivity index is 2.57. The SMILES string of the molecule is SCC=Cc1ccc[nH]1. The summed E-state index contributed by atoms with van der Waals surface area (Å²) in [4.78, 5) is 3.05. The quantitative estimate of drug-likeness (QED) is 0.583. The van der Waals surface area contributed by atoms with Gasteiger partial charge in [-0.1, -0.05) is 6.08 Å². The molecule has 1 aromatic heterocycles. The van der Waals surface area contributed by atoms with Crippen molar-refractivity contribution in [3.8, 4) is 0 Å². The maximum absolute atomic E-state index is 4.03. The van der Waals surface area contributed by atoms with E-state index in [4.69, 9.17) is 0 Å². The fourth-order valence-electron chi connectivity index (χ4n) is 0.628. The first-order chi connectivity index (χ1) is 4.43. The molecule has 1 rings (SSSR count). The van der Waals surface area contributed by atoms with E-state index in [0.29, 0.717) is 0 Å². The summed E-state index contributed by atoms with van der Waals surface area (Å²) >= 11 is 4.03. The number of nitrogens with one attached hydrogen (secondary N) is 1. The minimum Gasteiger partial charge on any atom is -0.362 e. The summed E-state index contributed by atoms with van der Waals surface area (Å²) in [7, 11) is 0. The molecule has 1 N–H and O–H groups in total. The molecule has 0 aliphatic carbocycles. The van der Waals surface area contributed by atoms with Gasteiger partial charge in [0.25, 0.3) is 0 Å². The number of thiol groups is 1. The van der Waals surface area contributed by atoms with Crippen molar-refractivity contribution in [3.05, 3.63) is 30.1 Å². The van der Waals surface area contributed by atoms with Crippen LogP contribution in [0.15, 0.2) is 24.4 Å². The van der Waals surface area contributed by atoms with Crippen LogP contribution in [0.3, 0.4) is 0 Å². The van der Waals surface area contributed by atoms with Crippen molar-refractivity contribution in [2.45, 2.75) is 0 Å². The molecule has 0 fully saturated rings. The molecule has 0 aliphatic rings. The van der Waals surface area contributed by atoms with Gasteiger partial charge in [0.05, 0.1) is 0 Å². The summed E-state index contributed by atoms with van der Waals surface area (Å²) in [6, 6.07) is 3.98. The maximum atomic E-state index is 4.03. The van der Waals surface area contributed by atoms with E-state index in [1.165, 1.54) is 0 Å². The van der Waals surface area contributed by atoms with Gasteiger partial charge in [0.2, 0.25) is 0 Å². The molecule has 2 heteroatoms. The fourth-order valence-corrected chi connectivity index (χ4v) is 0.733. The molecule has 1 nitrogen and oxygen atoms in total. The van der Waals surface area contributed by atoms with Crippen LogP contribution in [0.5, 0.6) is 0 Å². The Kier molecular flexibility index (Phi) is 2.46. The van der Waals surface area contributed by atoms with Crippen molar-refractivity contribution >= 4 is 18.7 Å². The predicted octanol–water partition coefficient (Wildman–Crippen LogP) is 1.96. The van der Waals surface area contributed by atoms with Crippen molar-refractivity contribution in [1.29, 1.82) is 0 Å². The smallest absolute Gasteiger partial charge is 0.0377 e. The van der Waals surface area contributed by atoms with E-state index in [2.05, 4.69) is 17.6 Å². The summed E-state index contributed by atoms with van der Waals surface area (Å²) < 4.78 is 0. The Morgan fingerprint density at radius 1 is 1.67 bits per heavy atom. The van der Waals surface area contributed by atoms with E-state index in [0.717, 1.165) is 11.4 Å². The zero-order valence-corrected chi connectivity index (χ0v) is 5.94. The van der Waals surface area contributed by atoms with E-state index in [1.807, 2.05) is 30.5 Å². The van der Waals surface area contributed by atoms with Gasteiger partial charge in [-0.25, -0.2) is 0 Å². The number of aromatic amines is 1. The average molecular weight is 139 g/mol. The molecule has 0 atom stereocenters. The highest BCUT2D eigenvalue weighted by molar-refractivity contribution is 7.80. The minimum absolute atomic E-state index is 0.791. The van der Waals surface area contributed by atoms with Gasteiger partial charge in [-0.3, -0.25) is 0 Å². The van der Waals surface area contributed by atoms with Gasteiger partial charge in [0, 0.05) is 17.6 Å². The van der Waals surface area contributed by atoms with Crippen molar-refractivity contribution in [2.24, 2.45) is 0 Å². The Morgan fingerprint density at radius 2 is 2.56 bits per heavy atom. The molecule has 0 amide bonds. The number of hydrogen-bond donors (Lipinski definition) is 2. The lowest BCUT2D eigenvalue weighted by Crippen LogP contribution is -1.66. The molecule has 9 heavy (non-hydrogen) atoms. The van der Waals surface area contributed by atoms with Crippen molar-refractivity contribution < 1.29 is 0 Å². The number of H-pyrrole nitrogens is 1. The van der Waals surface area contributed by atoms with Crippen LogP contribution in [0.25, 0.3) is 6.08 Å². The molecule has 0 radical (unpaired) electrons. The number of aromatic nitrogens is 1. The highest BCUT2D eigenvalue weighted by Gasteiger charge is 1.79. The zero-order valence-electron chi connectivity index (χ0n) is 5.04. The van der Waals surface area contributed by atoms with Gasteiger partial charge in [-0.2, -0.15) is 12.6 Å². The molecule has 0 aromatic carbocycles. The second-order valence-corrected chi connectivity index (χ2v) is 2.08. The summed E-state index contributed by atoms with van der Waals surface area (Å²) in [5.41, 5.74) is 1.13. The van der Waals surface area contributed by atoms with Crippen LogP contribution in [-0.4, -0.2) is 10.7 Å².